The second kappa shape index (κ2) is 7.14. The topological polar surface area (TPSA) is 30.9 Å². The highest BCUT2D eigenvalue weighted by molar-refractivity contribution is 5.49. The molecule has 0 saturated heterocycles. The highest BCUT2D eigenvalue weighted by Crippen LogP contribution is 2.38. The van der Waals surface area contributed by atoms with Crippen LogP contribution < -0.4 is 14.2 Å². The van der Waals surface area contributed by atoms with Crippen molar-refractivity contribution in [3.63, 3.8) is 0 Å². The molecule has 0 N–H and O–H groups in total. The summed E-state index contributed by atoms with van der Waals surface area (Å²) in [6.45, 7) is 0.865. The van der Waals surface area contributed by atoms with Gasteiger partial charge in [-0.2, -0.15) is 0 Å². The third-order valence-electron chi connectivity index (χ3n) is 4.56. The Morgan fingerprint density at radius 1 is 1.12 bits per heavy atom. The van der Waals surface area contributed by atoms with E-state index in [4.69, 9.17) is 18.3 Å². The fraction of sp³-hybridized carbons (Fsp3) is 0.400. The average Bonchev–Trinajstić information content (AvgIpc) is 2.63. The number of benzene rings is 2. The van der Waals surface area contributed by atoms with Crippen LogP contribution in [0.3, 0.4) is 0 Å². The maximum absolute atomic E-state index is 8.68. The Kier molecular flexibility index (Phi) is 3.91. The molecule has 0 aromatic heterocycles. The Hall–Kier alpha value is -2.20. The van der Waals surface area contributed by atoms with Gasteiger partial charge >= 0.3 is 0 Å². The van der Waals surface area contributed by atoms with Crippen LogP contribution in [0.25, 0.3) is 0 Å². The van der Waals surface area contributed by atoms with Gasteiger partial charge in [0.1, 0.15) is 5.75 Å². The van der Waals surface area contributed by atoms with Crippen LogP contribution in [0.1, 0.15) is 26.8 Å². The summed E-state index contributed by atoms with van der Waals surface area (Å²) in [7, 11) is 6.64. The van der Waals surface area contributed by atoms with Crippen molar-refractivity contribution in [1.29, 1.82) is 0 Å². The minimum absolute atomic E-state index is 0.0340. The molecule has 2 aromatic rings. The van der Waals surface area contributed by atoms with Crippen molar-refractivity contribution in [2.24, 2.45) is 0 Å². The molecule has 1 unspecified atom stereocenters. The lowest BCUT2D eigenvalue weighted by Crippen LogP contribution is -2.33. The van der Waals surface area contributed by atoms with Crippen LogP contribution in [0.5, 0.6) is 17.2 Å². The SMILES string of the molecule is [3H]c1cc(CC2c3c(cc(OC)c(OC)c3[3H])CCN2C)cc([3H])c1OC. The third-order valence-corrected chi connectivity index (χ3v) is 4.56. The monoisotopic (exact) mass is 333 g/mol. The number of likely N-dealkylation sites (N-methyl/N-ethyl adjacent to an activating group) is 1. The molecule has 2 aromatic carbocycles. The molecule has 0 spiro atoms. The Bertz CT molecular complexity index is 834. The lowest BCUT2D eigenvalue weighted by Gasteiger charge is -2.35. The fourth-order valence-corrected chi connectivity index (χ4v) is 3.16. The smallest absolute Gasteiger partial charge is 0.161 e. The quantitative estimate of drug-likeness (QED) is 0.838. The van der Waals surface area contributed by atoms with Gasteiger partial charge in [-0.3, -0.25) is 4.90 Å². The highest BCUT2D eigenvalue weighted by Gasteiger charge is 2.27. The molecule has 3 rings (SSSR count). The molecule has 1 heterocycles. The van der Waals surface area contributed by atoms with E-state index in [1.165, 1.54) is 7.11 Å². The molecular formula is C20H25NO3. The molecule has 0 fully saturated rings. The van der Waals surface area contributed by atoms with Crippen LogP contribution >= 0.6 is 0 Å². The van der Waals surface area contributed by atoms with Crippen LogP contribution in [0, 0.1) is 0 Å². The van der Waals surface area contributed by atoms with E-state index in [1.54, 1.807) is 26.4 Å². The molecule has 0 saturated carbocycles. The zero-order chi connectivity index (χ0) is 19.7. The van der Waals surface area contributed by atoms with Gasteiger partial charge < -0.3 is 14.2 Å². The number of ether oxygens (including phenoxy) is 3. The van der Waals surface area contributed by atoms with E-state index >= 15 is 0 Å². The second-order valence-electron chi connectivity index (χ2n) is 5.95. The van der Waals surface area contributed by atoms with Gasteiger partial charge in [0, 0.05) is 12.6 Å². The predicted molar refractivity (Wildman–Crippen MR) is 95.3 cm³/mol. The van der Waals surface area contributed by atoms with E-state index < -0.39 is 0 Å². The molecule has 0 radical (unpaired) electrons. The summed E-state index contributed by atoms with van der Waals surface area (Å²) in [4.78, 5) is 2.21. The van der Waals surface area contributed by atoms with Crippen molar-refractivity contribution in [3.05, 3.63) is 53.0 Å². The van der Waals surface area contributed by atoms with Gasteiger partial charge in [-0.05, 0) is 60.8 Å². The summed E-state index contributed by atoms with van der Waals surface area (Å²) in [6.07, 6.45) is 1.44. The van der Waals surface area contributed by atoms with Crippen LogP contribution in [-0.2, 0) is 12.8 Å². The molecule has 4 nitrogen and oxygen atoms in total. The van der Waals surface area contributed by atoms with Crippen molar-refractivity contribution in [2.75, 3.05) is 34.9 Å². The van der Waals surface area contributed by atoms with Crippen LogP contribution in [0.4, 0.5) is 0 Å². The molecule has 24 heavy (non-hydrogen) atoms. The number of methoxy groups -OCH3 is 3. The molecule has 4 heteroatoms. The van der Waals surface area contributed by atoms with Crippen molar-refractivity contribution in [3.8, 4) is 17.2 Å². The Morgan fingerprint density at radius 3 is 2.46 bits per heavy atom. The first-order valence-corrected chi connectivity index (χ1v) is 7.99. The maximum Gasteiger partial charge on any atom is 0.161 e. The van der Waals surface area contributed by atoms with Crippen LogP contribution in [-0.4, -0.2) is 39.8 Å². The number of hydrogen-bond acceptors (Lipinski definition) is 4. The summed E-state index contributed by atoms with van der Waals surface area (Å²) in [5.41, 5.74) is 2.89. The lowest BCUT2D eigenvalue weighted by atomic mass is 9.88. The standard InChI is InChI=1S/C20H25NO3/c1-21-10-9-15-12-19(23-3)20(24-4)13-17(15)18(21)11-14-5-7-16(22-2)8-6-14/h5-8,12-13,18H,9-11H2,1-4H3/i7T,8T,13T. The van der Waals surface area contributed by atoms with Gasteiger partial charge in [-0.15, -0.1) is 0 Å². The first kappa shape index (κ1) is 13.1. The Labute approximate surface area is 148 Å². The lowest BCUT2D eigenvalue weighted by molar-refractivity contribution is 0.228. The summed E-state index contributed by atoms with van der Waals surface area (Å²) in [6, 6.07) is 6.16. The maximum atomic E-state index is 8.68. The molecule has 1 atom stereocenters. The molecule has 0 aliphatic carbocycles. The third kappa shape index (κ3) is 3.20. The Morgan fingerprint density at radius 2 is 1.83 bits per heavy atom. The fourth-order valence-electron chi connectivity index (χ4n) is 3.16. The molecule has 0 bridgehead atoms. The van der Waals surface area contributed by atoms with E-state index in [0.717, 1.165) is 29.7 Å². The van der Waals surface area contributed by atoms with Gasteiger partial charge in [0.2, 0.25) is 0 Å². The largest absolute Gasteiger partial charge is 0.497 e. The number of nitrogens with zero attached hydrogens (tertiary/aromatic N) is 1. The van der Waals surface area contributed by atoms with E-state index in [0.29, 0.717) is 24.0 Å². The van der Waals surface area contributed by atoms with Crippen molar-refractivity contribution in [1.82, 2.24) is 4.90 Å². The summed E-state index contributed by atoms with van der Waals surface area (Å²) in [5, 5.41) is 0. The van der Waals surface area contributed by atoms with Crippen molar-refractivity contribution < 1.29 is 18.3 Å². The number of fused-ring (bicyclic) bond motifs is 1. The minimum atomic E-state index is -0.0340. The highest BCUT2D eigenvalue weighted by atomic mass is 16.5. The van der Waals surface area contributed by atoms with Gasteiger partial charge in [0.25, 0.3) is 0 Å². The van der Waals surface area contributed by atoms with E-state index in [2.05, 4.69) is 4.90 Å². The van der Waals surface area contributed by atoms with E-state index in [-0.39, 0.29) is 23.9 Å². The normalized spacial score (nSPS) is 19.0. The van der Waals surface area contributed by atoms with Crippen molar-refractivity contribution in [2.45, 2.75) is 18.9 Å². The van der Waals surface area contributed by atoms with Gasteiger partial charge in [-0.1, -0.05) is 12.1 Å². The first-order valence-electron chi connectivity index (χ1n) is 9.49. The number of rotatable bonds is 5. The molecule has 128 valence electrons. The van der Waals surface area contributed by atoms with Crippen LogP contribution in [0.15, 0.2) is 36.3 Å². The Balaban J connectivity index is 2.05. The minimum Gasteiger partial charge on any atom is -0.497 e. The molecule has 1 aliphatic heterocycles. The number of hydrogen-bond donors (Lipinski definition) is 0. The second-order valence-corrected chi connectivity index (χ2v) is 5.95. The van der Waals surface area contributed by atoms with Crippen LogP contribution in [0.2, 0.25) is 0 Å². The first-order chi connectivity index (χ1) is 12.9. The zero-order valence-electron chi connectivity index (χ0n) is 17.6. The zero-order valence-corrected chi connectivity index (χ0v) is 14.6. The van der Waals surface area contributed by atoms with Gasteiger partial charge in [0.05, 0.1) is 25.4 Å². The molecule has 1 aliphatic rings. The van der Waals surface area contributed by atoms with E-state index in [1.807, 2.05) is 13.1 Å². The molecule has 0 amide bonds. The van der Waals surface area contributed by atoms with Crippen molar-refractivity contribution >= 4 is 0 Å². The van der Waals surface area contributed by atoms with Gasteiger partial charge in [0.15, 0.2) is 11.5 Å². The summed E-state index contributed by atoms with van der Waals surface area (Å²) >= 11 is 0. The summed E-state index contributed by atoms with van der Waals surface area (Å²) in [5.74, 6) is 1.30. The van der Waals surface area contributed by atoms with Gasteiger partial charge in [-0.25, -0.2) is 0 Å². The van der Waals surface area contributed by atoms with E-state index in [9.17, 15) is 0 Å². The average molecular weight is 333 g/mol. The predicted octanol–water partition coefficient (Wildman–Crippen LogP) is 3.48. The summed E-state index contributed by atoms with van der Waals surface area (Å²) < 4.78 is 40.8. The molecular weight excluding hydrogens is 302 g/mol.